The van der Waals surface area contributed by atoms with E-state index in [2.05, 4.69) is 5.92 Å². The molecule has 0 aromatic rings. The highest BCUT2D eigenvalue weighted by molar-refractivity contribution is 7.81. The van der Waals surface area contributed by atoms with Gasteiger partial charge >= 0.3 is 0 Å². The van der Waals surface area contributed by atoms with Gasteiger partial charge in [-0.2, -0.15) is 0 Å². The molecule has 3 unspecified atom stereocenters. The average Bonchev–Trinajstić information content (AvgIpc) is 2.15. The zero-order chi connectivity index (χ0) is 6.85. The molecule has 0 amide bonds. The molecule has 0 spiro atoms. The van der Waals surface area contributed by atoms with E-state index in [4.69, 9.17) is 10.6 Å². The second-order valence-corrected chi connectivity index (χ2v) is 3.52. The summed E-state index contributed by atoms with van der Waals surface area (Å²) in [5.74, 6) is 2.57. The van der Waals surface area contributed by atoms with Crippen LogP contribution in [0, 0.1) is 18.3 Å². The molecule has 0 aliphatic carbocycles. The van der Waals surface area contributed by atoms with Crippen molar-refractivity contribution in [1.29, 1.82) is 0 Å². The molecule has 2 nitrogen and oxygen atoms in total. The van der Waals surface area contributed by atoms with Gasteiger partial charge in [0.05, 0.1) is 17.8 Å². The Labute approximate surface area is 57.3 Å². The molecule has 3 heteroatoms. The monoisotopic (exact) mass is 144 g/mol. The minimum Gasteiger partial charge on any atom is -0.289 e. The van der Waals surface area contributed by atoms with Gasteiger partial charge in [0.25, 0.3) is 0 Å². The van der Waals surface area contributed by atoms with Crippen LogP contribution in [0.25, 0.3) is 0 Å². The van der Waals surface area contributed by atoms with Crippen LogP contribution in [0.1, 0.15) is 6.92 Å². The van der Waals surface area contributed by atoms with Gasteiger partial charge in [0.1, 0.15) is 0 Å². The minimum absolute atomic E-state index is 0.00926. The Hall–Kier alpha value is -0.330. The molecule has 3 atom stereocenters. The lowest BCUT2D eigenvalue weighted by Gasteiger charge is -1.99. The summed E-state index contributed by atoms with van der Waals surface area (Å²) in [6.07, 6.45) is 5.12. The van der Waals surface area contributed by atoms with E-state index in [1.54, 1.807) is 0 Å². The number of rotatable bonds is 0. The van der Waals surface area contributed by atoms with Crippen LogP contribution in [0.4, 0.5) is 0 Å². The second kappa shape index (κ2) is 2.51. The highest BCUT2D eigenvalue weighted by Gasteiger charge is 2.29. The first-order chi connectivity index (χ1) is 4.25. The van der Waals surface area contributed by atoms with Crippen molar-refractivity contribution < 1.29 is 8.39 Å². The molecule has 1 fully saturated rings. The average molecular weight is 144 g/mol. The lowest BCUT2D eigenvalue weighted by atomic mass is 10.1. The molecule has 0 saturated carbocycles. The maximum absolute atomic E-state index is 10.7. The van der Waals surface area contributed by atoms with Crippen LogP contribution in [0.5, 0.6) is 0 Å². The van der Waals surface area contributed by atoms with E-state index >= 15 is 0 Å². The summed E-state index contributed by atoms with van der Waals surface area (Å²) in [5, 5.41) is 0.00926. The number of hydrogen-bond donors (Lipinski definition) is 0. The summed E-state index contributed by atoms with van der Waals surface area (Å²) >= 11 is -1.14. The lowest BCUT2D eigenvalue weighted by Crippen LogP contribution is -2.12. The zero-order valence-corrected chi connectivity index (χ0v) is 5.98. The van der Waals surface area contributed by atoms with Crippen LogP contribution in [-0.2, 0) is 15.3 Å². The predicted molar refractivity (Wildman–Crippen MR) is 35.9 cm³/mol. The Morgan fingerprint density at radius 2 is 2.56 bits per heavy atom. The van der Waals surface area contributed by atoms with Crippen LogP contribution >= 0.6 is 0 Å². The molecular formula is C6H8O2S. The molecule has 0 aromatic heterocycles. The first-order valence-corrected chi connectivity index (χ1v) is 3.89. The van der Waals surface area contributed by atoms with E-state index in [1.807, 2.05) is 6.92 Å². The summed E-state index contributed by atoms with van der Waals surface area (Å²) in [6, 6.07) is 0. The summed E-state index contributed by atoms with van der Waals surface area (Å²) in [4.78, 5) is 0. The van der Waals surface area contributed by atoms with Crippen molar-refractivity contribution in [3.63, 3.8) is 0 Å². The standard InChI is InChI=1S/C6H8O2S/c1-3-6-4-8-9(7)5(6)2/h1,5-6H,4H2,2H3. The Balaban J connectivity index is 2.64. The van der Waals surface area contributed by atoms with E-state index in [0.717, 1.165) is 0 Å². The fourth-order valence-corrected chi connectivity index (χ4v) is 1.62. The minimum atomic E-state index is -1.14. The second-order valence-electron chi connectivity index (χ2n) is 2.02. The normalized spacial score (nSPS) is 42.4. The smallest absolute Gasteiger partial charge is 0.159 e. The van der Waals surface area contributed by atoms with Gasteiger partial charge < -0.3 is 0 Å². The van der Waals surface area contributed by atoms with E-state index in [-0.39, 0.29) is 11.2 Å². The molecule has 1 rings (SSSR count). The van der Waals surface area contributed by atoms with E-state index in [0.29, 0.717) is 6.61 Å². The Morgan fingerprint density at radius 1 is 1.89 bits per heavy atom. The third-order valence-electron chi connectivity index (χ3n) is 1.45. The summed E-state index contributed by atoms with van der Waals surface area (Å²) in [7, 11) is 0. The van der Waals surface area contributed by atoms with Gasteiger partial charge in [-0.3, -0.25) is 4.18 Å². The van der Waals surface area contributed by atoms with Crippen molar-refractivity contribution in [2.45, 2.75) is 12.2 Å². The quantitative estimate of drug-likeness (QED) is 0.458. The van der Waals surface area contributed by atoms with Gasteiger partial charge in [0.2, 0.25) is 0 Å². The highest BCUT2D eigenvalue weighted by Crippen LogP contribution is 2.18. The Bertz CT molecular complexity index is 170. The number of terminal acetylenes is 1. The molecule has 0 N–H and O–H groups in total. The van der Waals surface area contributed by atoms with Gasteiger partial charge in [0, 0.05) is 0 Å². The maximum atomic E-state index is 10.7. The van der Waals surface area contributed by atoms with Gasteiger partial charge in [-0.15, -0.1) is 6.42 Å². The van der Waals surface area contributed by atoms with Crippen LogP contribution in [0.15, 0.2) is 0 Å². The van der Waals surface area contributed by atoms with E-state index in [1.165, 1.54) is 0 Å². The van der Waals surface area contributed by atoms with Crippen molar-refractivity contribution in [3.05, 3.63) is 0 Å². The Morgan fingerprint density at radius 3 is 2.78 bits per heavy atom. The summed E-state index contributed by atoms with van der Waals surface area (Å²) in [5.41, 5.74) is 0. The van der Waals surface area contributed by atoms with Crippen molar-refractivity contribution in [1.82, 2.24) is 0 Å². The fourth-order valence-electron chi connectivity index (χ4n) is 0.701. The first-order valence-electron chi connectivity index (χ1n) is 2.75. The highest BCUT2D eigenvalue weighted by atomic mass is 32.2. The molecule has 0 aromatic carbocycles. The topological polar surface area (TPSA) is 26.3 Å². The van der Waals surface area contributed by atoms with Crippen molar-refractivity contribution in [2.75, 3.05) is 6.61 Å². The molecule has 1 saturated heterocycles. The van der Waals surface area contributed by atoms with E-state index < -0.39 is 11.1 Å². The van der Waals surface area contributed by atoms with Crippen molar-refractivity contribution in [3.8, 4) is 12.3 Å². The molecule has 50 valence electrons. The third-order valence-corrected chi connectivity index (χ3v) is 2.75. The maximum Gasteiger partial charge on any atom is 0.159 e. The predicted octanol–water partition coefficient (Wildman–Crippen LogP) is 0.318. The summed E-state index contributed by atoms with van der Waals surface area (Å²) in [6.45, 7) is 2.29. The molecule has 1 heterocycles. The van der Waals surface area contributed by atoms with Crippen molar-refractivity contribution in [2.24, 2.45) is 5.92 Å². The van der Waals surface area contributed by atoms with Gasteiger partial charge in [-0.25, -0.2) is 4.21 Å². The molecule has 9 heavy (non-hydrogen) atoms. The van der Waals surface area contributed by atoms with E-state index in [9.17, 15) is 4.21 Å². The SMILES string of the molecule is C#CC1COS(=O)C1C. The molecule has 0 bridgehead atoms. The fraction of sp³-hybridized carbons (Fsp3) is 0.667. The lowest BCUT2D eigenvalue weighted by molar-refractivity contribution is 0.354. The summed E-state index contributed by atoms with van der Waals surface area (Å²) < 4.78 is 15.5. The molecule has 1 aliphatic rings. The van der Waals surface area contributed by atoms with Gasteiger partial charge in [0.15, 0.2) is 11.1 Å². The molecule has 1 aliphatic heterocycles. The van der Waals surface area contributed by atoms with Crippen LogP contribution < -0.4 is 0 Å². The third kappa shape index (κ3) is 1.15. The molecule has 0 radical (unpaired) electrons. The largest absolute Gasteiger partial charge is 0.289 e. The Kier molecular flexibility index (Phi) is 1.89. The molecular weight excluding hydrogens is 136 g/mol. The van der Waals surface area contributed by atoms with Crippen molar-refractivity contribution >= 4 is 11.1 Å². The zero-order valence-electron chi connectivity index (χ0n) is 5.16. The number of hydrogen-bond acceptors (Lipinski definition) is 2. The first kappa shape index (κ1) is 6.79. The van der Waals surface area contributed by atoms with Crippen LogP contribution in [0.3, 0.4) is 0 Å². The van der Waals surface area contributed by atoms with Crippen LogP contribution in [-0.4, -0.2) is 16.1 Å². The van der Waals surface area contributed by atoms with Gasteiger partial charge in [-0.05, 0) is 6.92 Å². The van der Waals surface area contributed by atoms with Crippen LogP contribution in [0.2, 0.25) is 0 Å². The van der Waals surface area contributed by atoms with Gasteiger partial charge in [-0.1, -0.05) is 5.92 Å².